The maximum atomic E-state index is 10.6. The van der Waals surface area contributed by atoms with Crippen molar-refractivity contribution in [3.05, 3.63) is 97.1 Å². The smallest absolute Gasteiger partial charge is 0.0963 e. The van der Waals surface area contributed by atoms with Gasteiger partial charge in [0.2, 0.25) is 0 Å². The van der Waals surface area contributed by atoms with Crippen molar-refractivity contribution in [2.45, 2.75) is 19.1 Å². The Morgan fingerprint density at radius 2 is 1.56 bits per heavy atom. The Morgan fingerprint density at radius 3 is 2.26 bits per heavy atom. The van der Waals surface area contributed by atoms with Crippen LogP contribution in [0.15, 0.2) is 91.5 Å². The van der Waals surface area contributed by atoms with E-state index in [2.05, 4.69) is 9.97 Å². The van der Waals surface area contributed by atoms with Gasteiger partial charge >= 0.3 is 0 Å². The number of rotatable bonds is 6. The molecule has 0 aliphatic heterocycles. The van der Waals surface area contributed by atoms with Gasteiger partial charge in [-0.3, -0.25) is 4.98 Å². The molecule has 2 aromatic heterocycles. The molecule has 4 rings (SSSR count). The van der Waals surface area contributed by atoms with Crippen LogP contribution in [0.4, 0.5) is 0 Å². The van der Waals surface area contributed by atoms with Crippen molar-refractivity contribution in [3.63, 3.8) is 0 Å². The molecule has 1 N–H and O–H groups in total. The lowest BCUT2D eigenvalue weighted by Crippen LogP contribution is -2.18. The van der Waals surface area contributed by atoms with Crippen molar-refractivity contribution in [1.29, 1.82) is 0 Å². The van der Waals surface area contributed by atoms with Crippen LogP contribution in [-0.4, -0.2) is 25.7 Å². The van der Waals surface area contributed by atoms with Gasteiger partial charge in [0.05, 0.1) is 30.4 Å². The molecule has 0 saturated carbocycles. The van der Waals surface area contributed by atoms with Crippen LogP contribution >= 0.6 is 0 Å². The molecule has 0 bridgehead atoms. The van der Waals surface area contributed by atoms with Gasteiger partial charge in [0, 0.05) is 29.9 Å². The van der Waals surface area contributed by atoms with Crippen molar-refractivity contribution in [1.82, 2.24) is 14.5 Å². The lowest BCUT2D eigenvalue weighted by molar-refractivity contribution is 0.155. The number of hydrogen-bond donors (Lipinski definition) is 1. The largest absolute Gasteiger partial charge is 0.391 e. The molecule has 0 amide bonds. The third-order valence-corrected chi connectivity index (χ3v) is 4.54. The van der Waals surface area contributed by atoms with Crippen LogP contribution in [0, 0.1) is 0 Å². The highest BCUT2D eigenvalue weighted by molar-refractivity contribution is 5.78. The maximum absolute atomic E-state index is 10.6. The Labute approximate surface area is 158 Å². The monoisotopic (exact) mass is 355 g/mol. The van der Waals surface area contributed by atoms with E-state index in [-0.39, 0.29) is 0 Å². The predicted octanol–water partition coefficient (Wildman–Crippen LogP) is 4.22. The molecule has 4 heteroatoms. The number of pyridine rings is 1. The van der Waals surface area contributed by atoms with E-state index in [9.17, 15) is 5.11 Å². The van der Waals surface area contributed by atoms with E-state index >= 15 is 0 Å². The molecule has 0 saturated heterocycles. The van der Waals surface area contributed by atoms with Crippen molar-refractivity contribution in [2.75, 3.05) is 0 Å². The summed E-state index contributed by atoms with van der Waals surface area (Å²) in [4.78, 5) is 8.91. The average molecular weight is 355 g/mol. The summed E-state index contributed by atoms with van der Waals surface area (Å²) in [6, 6.07) is 24.1. The van der Waals surface area contributed by atoms with Crippen LogP contribution in [0.5, 0.6) is 0 Å². The molecule has 0 aliphatic rings. The molecule has 2 aromatic carbocycles. The molecular formula is C23H21N3O. The Balaban J connectivity index is 1.67. The van der Waals surface area contributed by atoms with Crippen LogP contribution < -0.4 is 0 Å². The van der Waals surface area contributed by atoms with Gasteiger partial charge in [-0.05, 0) is 17.7 Å². The van der Waals surface area contributed by atoms with Crippen LogP contribution in [0.1, 0.15) is 5.56 Å². The first-order valence-corrected chi connectivity index (χ1v) is 9.04. The van der Waals surface area contributed by atoms with Gasteiger partial charge in [0.15, 0.2) is 0 Å². The van der Waals surface area contributed by atoms with Crippen molar-refractivity contribution in [3.8, 4) is 22.5 Å². The summed E-state index contributed by atoms with van der Waals surface area (Å²) >= 11 is 0. The number of hydrogen-bond acceptors (Lipinski definition) is 3. The number of aliphatic hydroxyl groups is 1. The highest BCUT2D eigenvalue weighted by Crippen LogP contribution is 2.31. The summed E-state index contributed by atoms with van der Waals surface area (Å²) in [7, 11) is 0. The van der Waals surface area contributed by atoms with E-state index in [4.69, 9.17) is 0 Å². The van der Waals surface area contributed by atoms with Gasteiger partial charge in [-0.2, -0.15) is 0 Å². The van der Waals surface area contributed by atoms with Crippen LogP contribution in [-0.2, 0) is 13.0 Å². The molecule has 1 unspecified atom stereocenters. The van der Waals surface area contributed by atoms with Crippen molar-refractivity contribution in [2.24, 2.45) is 0 Å². The fourth-order valence-corrected chi connectivity index (χ4v) is 3.31. The summed E-state index contributed by atoms with van der Waals surface area (Å²) in [5.74, 6) is 0. The number of nitrogens with zero attached hydrogens (tertiary/aromatic N) is 3. The van der Waals surface area contributed by atoms with Gasteiger partial charge in [-0.15, -0.1) is 0 Å². The minimum Gasteiger partial charge on any atom is -0.391 e. The lowest BCUT2D eigenvalue weighted by Gasteiger charge is -2.15. The average Bonchev–Trinajstić information content (AvgIpc) is 3.13. The van der Waals surface area contributed by atoms with E-state index in [0.717, 1.165) is 28.1 Å². The van der Waals surface area contributed by atoms with E-state index in [1.54, 1.807) is 12.5 Å². The second kappa shape index (κ2) is 7.98. The quantitative estimate of drug-likeness (QED) is 0.563. The first kappa shape index (κ1) is 17.2. The zero-order chi connectivity index (χ0) is 18.5. The van der Waals surface area contributed by atoms with Crippen LogP contribution in [0.3, 0.4) is 0 Å². The zero-order valence-electron chi connectivity index (χ0n) is 14.9. The predicted molar refractivity (Wildman–Crippen MR) is 107 cm³/mol. The molecule has 2 heterocycles. The third-order valence-electron chi connectivity index (χ3n) is 4.54. The number of aliphatic hydroxyl groups excluding tert-OH is 1. The van der Waals surface area contributed by atoms with Crippen LogP contribution in [0.2, 0.25) is 0 Å². The Hall–Kier alpha value is -3.24. The van der Waals surface area contributed by atoms with E-state index in [1.807, 2.05) is 83.6 Å². The standard InChI is InChI=1S/C23H21N3O/c27-21(14-18-8-3-1-4-9-18)16-26-17-25-22(19-10-5-2-6-11-19)23(26)20-12-7-13-24-15-20/h1-13,15,17,21,27H,14,16H2. The molecule has 4 nitrogen and oxygen atoms in total. The van der Waals surface area contributed by atoms with Gasteiger partial charge in [0.1, 0.15) is 0 Å². The molecule has 134 valence electrons. The SMILES string of the molecule is OC(Cc1ccccc1)Cn1cnc(-c2ccccc2)c1-c1cccnc1. The lowest BCUT2D eigenvalue weighted by atomic mass is 10.1. The first-order chi connectivity index (χ1) is 13.3. The minimum atomic E-state index is -0.499. The van der Waals surface area contributed by atoms with Gasteiger partial charge in [-0.1, -0.05) is 60.7 Å². The zero-order valence-corrected chi connectivity index (χ0v) is 14.9. The van der Waals surface area contributed by atoms with Gasteiger partial charge in [0.25, 0.3) is 0 Å². The number of aromatic nitrogens is 3. The first-order valence-electron chi connectivity index (χ1n) is 9.04. The highest BCUT2D eigenvalue weighted by Gasteiger charge is 2.17. The number of benzene rings is 2. The summed E-state index contributed by atoms with van der Waals surface area (Å²) in [5, 5.41) is 10.6. The fourth-order valence-electron chi connectivity index (χ4n) is 3.31. The summed E-state index contributed by atoms with van der Waals surface area (Å²) in [6.07, 6.45) is 5.51. The van der Waals surface area contributed by atoms with E-state index in [0.29, 0.717) is 13.0 Å². The van der Waals surface area contributed by atoms with Crippen LogP contribution in [0.25, 0.3) is 22.5 Å². The molecule has 0 spiro atoms. The molecule has 4 aromatic rings. The molecule has 0 fully saturated rings. The Morgan fingerprint density at radius 1 is 0.852 bits per heavy atom. The minimum absolute atomic E-state index is 0.471. The van der Waals surface area contributed by atoms with E-state index < -0.39 is 6.10 Å². The van der Waals surface area contributed by atoms with E-state index in [1.165, 1.54) is 0 Å². The van der Waals surface area contributed by atoms with Crippen molar-refractivity contribution < 1.29 is 5.11 Å². The molecule has 1 atom stereocenters. The summed E-state index contributed by atoms with van der Waals surface area (Å²) in [6.45, 7) is 0.471. The fraction of sp³-hybridized carbons (Fsp3) is 0.130. The Kier molecular flexibility index (Phi) is 5.08. The molecular weight excluding hydrogens is 334 g/mol. The summed E-state index contributed by atoms with van der Waals surface area (Å²) in [5.41, 5.74) is 5.03. The topological polar surface area (TPSA) is 50.9 Å². The normalized spacial score (nSPS) is 12.0. The molecule has 0 radical (unpaired) electrons. The van der Waals surface area contributed by atoms with Gasteiger partial charge < -0.3 is 9.67 Å². The third kappa shape index (κ3) is 3.96. The summed E-state index contributed by atoms with van der Waals surface area (Å²) < 4.78 is 2.02. The Bertz CT molecular complexity index is 982. The molecule has 0 aliphatic carbocycles. The van der Waals surface area contributed by atoms with Crippen molar-refractivity contribution >= 4 is 0 Å². The maximum Gasteiger partial charge on any atom is 0.0963 e. The highest BCUT2D eigenvalue weighted by atomic mass is 16.3. The van der Waals surface area contributed by atoms with Gasteiger partial charge in [-0.25, -0.2) is 4.98 Å². The second-order valence-corrected chi connectivity index (χ2v) is 6.55. The number of imidazole rings is 1. The molecule has 27 heavy (non-hydrogen) atoms. The second-order valence-electron chi connectivity index (χ2n) is 6.55.